The van der Waals surface area contributed by atoms with E-state index >= 15 is 0 Å². The molecule has 0 saturated heterocycles. The molecule has 3 nitrogen and oxygen atoms in total. The van der Waals surface area contributed by atoms with E-state index in [0.29, 0.717) is 6.42 Å². The highest BCUT2D eigenvalue weighted by molar-refractivity contribution is 7.23. The van der Waals surface area contributed by atoms with Crippen LogP contribution in [0.2, 0.25) is 0 Å². The topological polar surface area (TPSA) is 35.5 Å². The van der Waals surface area contributed by atoms with Gasteiger partial charge in [-0.3, -0.25) is 4.79 Å². The molecule has 0 N–H and O–H groups in total. The van der Waals surface area contributed by atoms with Gasteiger partial charge in [0.1, 0.15) is 17.3 Å². The van der Waals surface area contributed by atoms with Crippen molar-refractivity contribution >= 4 is 28.5 Å². The van der Waals surface area contributed by atoms with Crippen LogP contribution in [-0.2, 0) is 11.2 Å². The molecule has 0 amide bonds. The molecule has 0 atom stereocenters. The molecular weight excluding hydrogens is 388 g/mol. The first kappa shape index (κ1) is 20.6. The maximum atomic E-state index is 11.9. The monoisotopic (exact) mass is 414 g/mol. The second kappa shape index (κ2) is 8.50. The molecule has 3 rings (SSSR count). The molecular formula is C23H26O3S2. The lowest BCUT2D eigenvalue weighted by Gasteiger charge is -2.16. The second-order valence-corrected chi connectivity index (χ2v) is 9.15. The first-order valence-electron chi connectivity index (χ1n) is 9.33. The van der Waals surface area contributed by atoms with Crippen LogP contribution in [0.4, 0.5) is 0 Å². The number of ether oxygens (including phenoxy) is 2. The van der Waals surface area contributed by atoms with Crippen molar-refractivity contribution in [3.8, 4) is 31.7 Å². The Morgan fingerprint density at radius 3 is 2.43 bits per heavy atom. The molecule has 0 radical (unpaired) electrons. The maximum Gasteiger partial charge on any atom is 0.134 e. The van der Waals surface area contributed by atoms with Crippen molar-refractivity contribution in [2.75, 3.05) is 7.11 Å². The average molecular weight is 415 g/mol. The zero-order chi connectivity index (χ0) is 20.4. The van der Waals surface area contributed by atoms with Crippen molar-refractivity contribution < 1.29 is 14.3 Å². The summed E-state index contributed by atoms with van der Waals surface area (Å²) >= 11 is 3.44. The molecule has 28 heavy (non-hydrogen) atoms. The summed E-state index contributed by atoms with van der Waals surface area (Å²) < 4.78 is 11.7. The Morgan fingerprint density at radius 2 is 1.86 bits per heavy atom. The van der Waals surface area contributed by atoms with Crippen LogP contribution < -0.4 is 9.47 Å². The standard InChI is InChI=1S/C23H26O3S2/c1-13(2)26-19-9-7-8-18(25-6)21(19)20-11-17(10-15(4)24)23(28-20)22-16(5)14(3)12-27-22/h7-9,11-13H,10H2,1-6H3. The van der Waals surface area contributed by atoms with Crippen molar-refractivity contribution in [3.63, 3.8) is 0 Å². The van der Waals surface area contributed by atoms with Crippen molar-refractivity contribution in [1.29, 1.82) is 0 Å². The molecule has 1 aromatic carbocycles. The highest BCUT2D eigenvalue weighted by Gasteiger charge is 2.21. The molecule has 2 heterocycles. The zero-order valence-corrected chi connectivity index (χ0v) is 18.8. The Balaban J connectivity index is 2.21. The Morgan fingerprint density at radius 1 is 1.14 bits per heavy atom. The number of hydrogen-bond donors (Lipinski definition) is 0. The normalized spacial score (nSPS) is 11.1. The fraction of sp³-hybridized carbons (Fsp3) is 0.348. The van der Waals surface area contributed by atoms with Crippen LogP contribution in [-0.4, -0.2) is 19.0 Å². The van der Waals surface area contributed by atoms with Gasteiger partial charge in [-0.05, 0) is 74.9 Å². The summed E-state index contributed by atoms with van der Waals surface area (Å²) in [5.41, 5.74) is 4.58. The molecule has 2 aromatic heterocycles. The van der Waals surface area contributed by atoms with Gasteiger partial charge in [0.05, 0.1) is 18.8 Å². The molecule has 3 aromatic rings. The average Bonchev–Trinajstić information content (AvgIpc) is 3.17. The molecule has 0 aliphatic carbocycles. The van der Waals surface area contributed by atoms with Crippen LogP contribution in [0.5, 0.6) is 11.5 Å². The lowest BCUT2D eigenvalue weighted by molar-refractivity contribution is -0.116. The van der Waals surface area contributed by atoms with E-state index in [1.165, 1.54) is 20.9 Å². The Bertz CT molecular complexity index is 995. The molecule has 0 bridgehead atoms. The van der Waals surface area contributed by atoms with Gasteiger partial charge in [-0.15, -0.1) is 22.7 Å². The van der Waals surface area contributed by atoms with Crippen molar-refractivity contribution in [3.05, 3.63) is 46.3 Å². The van der Waals surface area contributed by atoms with E-state index in [4.69, 9.17) is 9.47 Å². The van der Waals surface area contributed by atoms with Gasteiger partial charge in [-0.2, -0.15) is 0 Å². The third-order valence-corrected chi connectivity index (χ3v) is 7.12. The number of methoxy groups -OCH3 is 1. The summed E-state index contributed by atoms with van der Waals surface area (Å²) in [5, 5.41) is 2.18. The minimum Gasteiger partial charge on any atom is -0.496 e. The number of hydrogen-bond acceptors (Lipinski definition) is 5. The predicted octanol–water partition coefficient (Wildman–Crippen LogP) is 6.69. The van der Waals surface area contributed by atoms with Crippen molar-refractivity contribution in [2.45, 2.75) is 47.1 Å². The number of carbonyl (C=O) groups is 1. The number of rotatable bonds is 7. The quantitative estimate of drug-likeness (QED) is 0.432. The third-order valence-electron chi connectivity index (χ3n) is 4.56. The fourth-order valence-corrected chi connectivity index (χ4v) is 5.70. The summed E-state index contributed by atoms with van der Waals surface area (Å²) in [6.45, 7) is 9.95. The summed E-state index contributed by atoms with van der Waals surface area (Å²) in [6, 6.07) is 7.99. The second-order valence-electron chi connectivity index (χ2n) is 7.22. The molecule has 0 unspecified atom stereocenters. The van der Waals surface area contributed by atoms with Crippen LogP contribution in [0.1, 0.15) is 37.5 Å². The largest absolute Gasteiger partial charge is 0.496 e. The SMILES string of the molecule is COc1cccc(OC(C)C)c1-c1cc(CC(C)=O)c(-c2scc(C)c2C)s1. The molecule has 0 spiro atoms. The van der Waals surface area contributed by atoms with Crippen LogP contribution >= 0.6 is 22.7 Å². The third kappa shape index (κ3) is 4.15. The molecule has 0 aliphatic heterocycles. The number of benzene rings is 1. The molecule has 148 valence electrons. The number of carbonyl (C=O) groups excluding carboxylic acids is 1. The predicted molar refractivity (Wildman–Crippen MR) is 119 cm³/mol. The highest BCUT2D eigenvalue weighted by atomic mass is 32.1. The minimum atomic E-state index is 0.0594. The van der Waals surface area contributed by atoms with Gasteiger partial charge in [0.25, 0.3) is 0 Å². The van der Waals surface area contributed by atoms with E-state index in [2.05, 4.69) is 25.3 Å². The highest BCUT2D eigenvalue weighted by Crippen LogP contribution is 2.48. The van der Waals surface area contributed by atoms with Crippen LogP contribution in [0.3, 0.4) is 0 Å². The number of ketones is 1. The van der Waals surface area contributed by atoms with E-state index in [1.807, 2.05) is 32.0 Å². The van der Waals surface area contributed by atoms with Gasteiger partial charge in [0, 0.05) is 21.1 Å². The van der Waals surface area contributed by atoms with E-state index < -0.39 is 0 Å². The molecule has 0 aliphatic rings. The molecule has 0 fully saturated rings. The van der Waals surface area contributed by atoms with Gasteiger partial charge in [0.15, 0.2) is 0 Å². The lowest BCUT2D eigenvalue weighted by atomic mass is 10.0. The van der Waals surface area contributed by atoms with E-state index in [-0.39, 0.29) is 11.9 Å². The first-order chi connectivity index (χ1) is 13.3. The Labute approximate surface area is 174 Å². The van der Waals surface area contributed by atoms with E-state index in [9.17, 15) is 4.79 Å². The fourth-order valence-electron chi connectivity index (χ4n) is 3.15. The number of thiophene rings is 2. The van der Waals surface area contributed by atoms with Gasteiger partial charge in [0.2, 0.25) is 0 Å². The van der Waals surface area contributed by atoms with Gasteiger partial charge < -0.3 is 9.47 Å². The van der Waals surface area contributed by atoms with Crippen LogP contribution in [0.15, 0.2) is 29.6 Å². The maximum absolute atomic E-state index is 11.9. The summed E-state index contributed by atoms with van der Waals surface area (Å²) in [5.74, 6) is 1.74. The van der Waals surface area contributed by atoms with Crippen molar-refractivity contribution in [2.24, 2.45) is 0 Å². The summed E-state index contributed by atoms with van der Waals surface area (Å²) in [7, 11) is 1.68. The van der Waals surface area contributed by atoms with Gasteiger partial charge >= 0.3 is 0 Å². The smallest absolute Gasteiger partial charge is 0.134 e. The van der Waals surface area contributed by atoms with E-state index in [0.717, 1.165) is 27.5 Å². The summed E-state index contributed by atoms with van der Waals surface area (Å²) in [6.07, 6.45) is 0.488. The summed E-state index contributed by atoms with van der Waals surface area (Å²) in [4.78, 5) is 15.4. The first-order valence-corrected chi connectivity index (χ1v) is 11.0. The van der Waals surface area contributed by atoms with Gasteiger partial charge in [-0.1, -0.05) is 6.07 Å². The Hall–Kier alpha value is -2.11. The minimum absolute atomic E-state index is 0.0594. The van der Waals surface area contributed by atoms with Crippen LogP contribution in [0.25, 0.3) is 20.2 Å². The van der Waals surface area contributed by atoms with E-state index in [1.54, 1.807) is 36.7 Å². The number of Topliss-reactive ketones (excluding diaryl/α,β-unsaturated/α-hetero) is 1. The van der Waals surface area contributed by atoms with Gasteiger partial charge in [-0.25, -0.2) is 0 Å². The zero-order valence-electron chi connectivity index (χ0n) is 17.2. The Kier molecular flexibility index (Phi) is 6.26. The molecule has 5 heteroatoms. The molecule has 0 saturated carbocycles. The lowest BCUT2D eigenvalue weighted by Crippen LogP contribution is -2.06. The number of aryl methyl sites for hydroxylation is 1. The van der Waals surface area contributed by atoms with Crippen LogP contribution in [0, 0.1) is 13.8 Å². The van der Waals surface area contributed by atoms with Crippen molar-refractivity contribution in [1.82, 2.24) is 0 Å².